The largest absolute Gasteiger partial charge is 0.377 e. The van der Waals surface area contributed by atoms with Crippen molar-refractivity contribution < 1.29 is 4.39 Å². The van der Waals surface area contributed by atoms with E-state index in [1.165, 1.54) is 6.07 Å². The first-order chi connectivity index (χ1) is 9.00. The third-order valence-electron chi connectivity index (χ3n) is 2.78. The molecule has 2 aromatic rings. The average molecular weight is 363 g/mol. The van der Waals surface area contributed by atoms with E-state index in [9.17, 15) is 4.39 Å². The van der Waals surface area contributed by atoms with Gasteiger partial charge < -0.3 is 5.32 Å². The maximum absolute atomic E-state index is 13.7. The molecule has 1 atom stereocenters. The Hall–Kier alpha value is -0.770. The van der Waals surface area contributed by atoms with Gasteiger partial charge in [0, 0.05) is 10.0 Å². The molecule has 1 nitrogen and oxygen atoms in total. The van der Waals surface area contributed by atoms with E-state index in [0.29, 0.717) is 21.3 Å². The lowest BCUT2D eigenvalue weighted by atomic mass is 10.1. The van der Waals surface area contributed by atoms with Gasteiger partial charge in [-0.15, -0.1) is 0 Å². The number of nitrogens with one attached hydrogen (secondary N) is 1. The van der Waals surface area contributed by atoms with Crippen molar-refractivity contribution in [2.75, 3.05) is 5.32 Å². The molecule has 0 radical (unpaired) electrons. The fourth-order valence-electron chi connectivity index (χ4n) is 1.77. The van der Waals surface area contributed by atoms with Gasteiger partial charge in [0.2, 0.25) is 0 Å². The molecule has 0 bridgehead atoms. The lowest BCUT2D eigenvalue weighted by Crippen LogP contribution is -2.09. The van der Waals surface area contributed by atoms with Gasteiger partial charge in [-0.2, -0.15) is 0 Å². The molecule has 1 N–H and O–H groups in total. The van der Waals surface area contributed by atoms with Crippen LogP contribution in [0.3, 0.4) is 0 Å². The summed E-state index contributed by atoms with van der Waals surface area (Å²) in [6.45, 7) is 1.87. The van der Waals surface area contributed by atoms with Crippen molar-refractivity contribution in [2.45, 2.75) is 13.0 Å². The quantitative estimate of drug-likeness (QED) is 0.653. The molecule has 0 saturated heterocycles. The summed E-state index contributed by atoms with van der Waals surface area (Å²) in [5.41, 5.74) is 1.25. The lowest BCUT2D eigenvalue weighted by Gasteiger charge is -2.18. The van der Waals surface area contributed by atoms with Crippen molar-refractivity contribution in [2.24, 2.45) is 0 Å². The molecule has 2 aromatic carbocycles. The van der Waals surface area contributed by atoms with Crippen LogP contribution in [0.25, 0.3) is 0 Å². The summed E-state index contributed by atoms with van der Waals surface area (Å²) in [6, 6.07) is 10.0. The van der Waals surface area contributed by atoms with E-state index >= 15 is 0 Å². The van der Waals surface area contributed by atoms with Gasteiger partial charge in [0.15, 0.2) is 0 Å². The van der Waals surface area contributed by atoms with E-state index in [0.717, 1.165) is 4.47 Å². The Balaban J connectivity index is 2.27. The average Bonchev–Trinajstić information content (AvgIpc) is 2.40. The van der Waals surface area contributed by atoms with Crippen LogP contribution in [0.5, 0.6) is 0 Å². The molecule has 0 aromatic heterocycles. The molecule has 0 saturated carbocycles. The fourth-order valence-corrected chi connectivity index (χ4v) is 2.60. The van der Waals surface area contributed by atoms with Crippen LogP contribution in [0.2, 0.25) is 10.0 Å². The highest BCUT2D eigenvalue weighted by molar-refractivity contribution is 9.10. The van der Waals surface area contributed by atoms with Gasteiger partial charge in [0.1, 0.15) is 5.82 Å². The summed E-state index contributed by atoms with van der Waals surface area (Å²) < 4.78 is 14.4. The van der Waals surface area contributed by atoms with Gasteiger partial charge in [-0.25, -0.2) is 4.39 Å². The van der Waals surface area contributed by atoms with Crippen molar-refractivity contribution in [3.05, 3.63) is 62.3 Å². The highest BCUT2D eigenvalue weighted by Gasteiger charge is 2.14. The molecule has 0 aliphatic carbocycles. The van der Waals surface area contributed by atoms with Gasteiger partial charge in [-0.05, 0) is 41.1 Å². The molecule has 100 valence electrons. The molecular weight excluding hydrogens is 352 g/mol. The maximum Gasteiger partial charge on any atom is 0.128 e. The second kappa shape index (κ2) is 6.12. The van der Waals surface area contributed by atoms with Gasteiger partial charge in [-0.3, -0.25) is 0 Å². The van der Waals surface area contributed by atoms with E-state index in [-0.39, 0.29) is 11.9 Å². The molecule has 1 unspecified atom stereocenters. The Morgan fingerprint density at radius 3 is 2.47 bits per heavy atom. The minimum absolute atomic E-state index is 0.212. The van der Waals surface area contributed by atoms with Crippen LogP contribution in [0.1, 0.15) is 18.5 Å². The predicted molar refractivity (Wildman–Crippen MR) is 82.6 cm³/mol. The fraction of sp³-hybridized carbons (Fsp3) is 0.143. The molecule has 0 heterocycles. The molecule has 5 heteroatoms. The summed E-state index contributed by atoms with van der Waals surface area (Å²) in [5, 5.41) is 4.01. The molecule has 0 amide bonds. The second-order valence-electron chi connectivity index (χ2n) is 4.11. The third-order valence-corrected chi connectivity index (χ3v) is 4.55. The first-order valence-corrected chi connectivity index (χ1v) is 7.20. The monoisotopic (exact) mass is 361 g/mol. The second-order valence-corrected chi connectivity index (χ2v) is 5.72. The first-order valence-electron chi connectivity index (χ1n) is 5.65. The highest BCUT2D eigenvalue weighted by Crippen LogP contribution is 2.37. The van der Waals surface area contributed by atoms with E-state index in [2.05, 4.69) is 21.2 Å². The third kappa shape index (κ3) is 3.22. The Bertz CT molecular complexity index is 604. The summed E-state index contributed by atoms with van der Waals surface area (Å²) in [4.78, 5) is 0. The number of hydrogen-bond acceptors (Lipinski definition) is 1. The topological polar surface area (TPSA) is 12.0 Å². The first kappa shape index (κ1) is 14.6. The summed E-state index contributed by atoms with van der Waals surface area (Å²) in [6.07, 6.45) is 0. The normalized spacial score (nSPS) is 12.3. The molecule has 2 rings (SSSR count). The van der Waals surface area contributed by atoms with E-state index in [4.69, 9.17) is 23.2 Å². The maximum atomic E-state index is 13.7. The highest BCUT2D eigenvalue weighted by atomic mass is 79.9. The van der Waals surface area contributed by atoms with Crippen LogP contribution in [0, 0.1) is 5.82 Å². The lowest BCUT2D eigenvalue weighted by molar-refractivity contribution is 0.600. The van der Waals surface area contributed by atoms with Gasteiger partial charge >= 0.3 is 0 Å². The summed E-state index contributed by atoms with van der Waals surface area (Å²) in [7, 11) is 0. The van der Waals surface area contributed by atoms with Crippen molar-refractivity contribution in [1.29, 1.82) is 0 Å². The van der Waals surface area contributed by atoms with Crippen LogP contribution in [-0.2, 0) is 0 Å². The molecular formula is C14H11BrCl2FN. The van der Waals surface area contributed by atoms with Gasteiger partial charge in [-0.1, -0.05) is 41.4 Å². The van der Waals surface area contributed by atoms with Gasteiger partial charge in [0.05, 0.1) is 21.8 Å². The SMILES string of the molecule is CC(Nc1ccc(Br)c(Cl)c1Cl)c1ccccc1F. The number of hydrogen-bond donors (Lipinski definition) is 1. The van der Waals surface area contributed by atoms with Crippen molar-refractivity contribution in [3.63, 3.8) is 0 Å². The minimum Gasteiger partial charge on any atom is -0.377 e. The molecule has 0 aliphatic rings. The molecule has 0 spiro atoms. The number of benzene rings is 2. The number of rotatable bonds is 3. The van der Waals surface area contributed by atoms with Crippen molar-refractivity contribution in [1.82, 2.24) is 0 Å². The number of anilines is 1. The van der Waals surface area contributed by atoms with E-state index in [1.807, 2.05) is 6.92 Å². The molecule has 0 fully saturated rings. The van der Waals surface area contributed by atoms with Crippen LogP contribution < -0.4 is 5.32 Å². The minimum atomic E-state index is -0.248. The van der Waals surface area contributed by atoms with E-state index in [1.54, 1.807) is 30.3 Å². The Morgan fingerprint density at radius 2 is 1.79 bits per heavy atom. The van der Waals surface area contributed by atoms with E-state index < -0.39 is 0 Å². The van der Waals surface area contributed by atoms with Gasteiger partial charge in [0.25, 0.3) is 0 Å². The Labute approximate surface area is 129 Å². The predicted octanol–water partition coefficient (Wildman–Crippen LogP) is 6.07. The zero-order valence-electron chi connectivity index (χ0n) is 10.1. The molecule has 0 aliphatic heterocycles. The zero-order valence-corrected chi connectivity index (χ0v) is 13.2. The summed E-state index contributed by atoms with van der Waals surface area (Å²) >= 11 is 15.5. The van der Waals surface area contributed by atoms with Crippen molar-refractivity contribution in [3.8, 4) is 0 Å². The molecule has 19 heavy (non-hydrogen) atoms. The van der Waals surface area contributed by atoms with Crippen molar-refractivity contribution >= 4 is 44.8 Å². The van der Waals surface area contributed by atoms with Crippen LogP contribution in [0.15, 0.2) is 40.9 Å². The summed E-state index contributed by atoms with van der Waals surface area (Å²) in [5.74, 6) is -0.248. The Kier molecular flexibility index (Phi) is 4.71. The zero-order chi connectivity index (χ0) is 14.0. The Morgan fingerprint density at radius 1 is 1.11 bits per heavy atom. The number of halogens is 4. The van der Waals surface area contributed by atoms with Crippen LogP contribution in [0.4, 0.5) is 10.1 Å². The standard InChI is InChI=1S/C14H11BrCl2FN/c1-8(9-4-2-3-5-11(9)18)19-12-7-6-10(15)13(16)14(12)17/h2-8,19H,1H3. The smallest absolute Gasteiger partial charge is 0.128 e. The van der Waals surface area contributed by atoms with Crippen LogP contribution in [-0.4, -0.2) is 0 Å². The van der Waals surface area contributed by atoms with Crippen LogP contribution >= 0.6 is 39.1 Å².